The maximum Gasteiger partial charge on any atom is 0.320 e. The van der Waals surface area contributed by atoms with Crippen molar-refractivity contribution < 1.29 is 17.9 Å². The van der Waals surface area contributed by atoms with Crippen LogP contribution in [0.1, 0.15) is 24.0 Å². The number of carbonyl (C=O) groups is 1. The summed E-state index contributed by atoms with van der Waals surface area (Å²) in [5, 5.41) is 9.96. The third kappa shape index (κ3) is 5.89. The number of piperazine rings is 1. The van der Waals surface area contributed by atoms with Crippen LogP contribution in [-0.2, 0) is 10.0 Å². The Kier molecular flexibility index (Phi) is 8.00. The summed E-state index contributed by atoms with van der Waals surface area (Å²) in [6.07, 6.45) is 0.949. The molecule has 8 nitrogen and oxygen atoms in total. The summed E-state index contributed by atoms with van der Waals surface area (Å²) >= 11 is 12.5. The van der Waals surface area contributed by atoms with Crippen LogP contribution in [0.15, 0.2) is 42.5 Å². The van der Waals surface area contributed by atoms with Crippen LogP contribution in [0.5, 0.6) is 5.75 Å². The molecule has 2 aliphatic heterocycles. The summed E-state index contributed by atoms with van der Waals surface area (Å²) in [6.45, 7) is 4.21. The van der Waals surface area contributed by atoms with Crippen molar-refractivity contribution in [3.63, 3.8) is 0 Å². The first-order valence-corrected chi connectivity index (χ1v) is 14.3. The Morgan fingerprint density at radius 3 is 2.28 bits per heavy atom. The van der Waals surface area contributed by atoms with Crippen molar-refractivity contribution in [2.45, 2.75) is 18.9 Å². The summed E-state index contributed by atoms with van der Waals surface area (Å²) in [4.78, 5) is 16.9. The molecular weight excluding hydrogens is 523 g/mol. The van der Waals surface area contributed by atoms with Gasteiger partial charge in [-0.25, -0.2) is 13.2 Å². The van der Waals surface area contributed by atoms with Gasteiger partial charge in [0.1, 0.15) is 11.9 Å². The molecule has 11 heteroatoms. The van der Waals surface area contributed by atoms with E-state index in [9.17, 15) is 13.2 Å². The van der Waals surface area contributed by atoms with Crippen molar-refractivity contribution in [2.75, 3.05) is 45.5 Å². The molecule has 2 saturated heterocycles. The van der Waals surface area contributed by atoms with Gasteiger partial charge in [0.2, 0.25) is 10.0 Å². The number of halogens is 2. The SMILES string of the molecule is CC(Oc1ccc(C#N)cc1)C1CN(C(=O)N2CCN(S(C)(=O)=O)CC2)CC1c1ccc(Cl)c(Cl)c1. The van der Waals surface area contributed by atoms with Crippen molar-refractivity contribution in [3.8, 4) is 11.8 Å². The number of carbonyl (C=O) groups excluding carboxylic acids is 1. The average Bonchev–Trinajstić information content (AvgIpc) is 3.31. The molecule has 0 aliphatic carbocycles. The van der Waals surface area contributed by atoms with Crippen LogP contribution in [-0.4, -0.2) is 80.2 Å². The Labute approximate surface area is 222 Å². The number of hydrogen-bond acceptors (Lipinski definition) is 5. The molecule has 0 N–H and O–H groups in total. The van der Waals surface area contributed by atoms with E-state index in [1.165, 1.54) is 10.6 Å². The van der Waals surface area contributed by atoms with Crippen molar-refractivity contribution >= 4 is 39.3 Å². The minimum atomic E-state index is -3.28. The Hall–Kier alpha value is -2.51. The molecule has 2 aromatic rings. The fourth-order valence-corrected chi connectivity index (χ4v) is 6.01. The second kappa shape index (κ2) is 10.9. The van der Waals surface area contributed by atoms with E-state index in [4.69, 9.17) is 33.2 Å². The lowest BCUT2D eigenvalue weighted by atomic mass is 9.85. The fourth-order valence-electron chi connectivity index (χ4n) is 4.88. The van der Waals surface area contributed by atoms with Gasteiger partial charge in [0.25, 0.3) is 0 Å². The van der Waals surface area contributed by atoms with E-state index < -0.39 is 10.0 Å². The molecular formula is C25H28Cl2N4O4S. The van der Waals surface area contributed by atoms with Crippen LogP contribution in [0.2, 0.25) is 10.0 Å². The number of likely N-dealkylation sites (tertiary alicyclic amines) is 1. The van der Waals surface area contributed by atoms with E-state index in [-0.39, 0.29) is 37.1 Å². The molecule has 2 fully saturated rings. The zero-order valence-corrected chi connectivity index (χ0v) is 22.4. The predicted octanol–water partition coefficient (Wildman–Crippen LogP) is 4.05. The van der Waals surface area contributed by atoms with Crippen LogP contribution in [0, 0.1) is 17.2 Å². The first-order chi connectivity index (χ1) is 17.1. The summed E-state index contributed by atoms with van der Waals surface area (Å²) in [6, 6.07) is 14.5. The molecule has 36 heavy (non-hydrogen) atoms. The number of nitriles is 1. The van der Waals surface area contributed by atoms with E-state index in [1.807, 2.05) is 24.0 Å². The van der Waals surface area contributed by atoms with Crippen molar-refractivity contribution in [3.05, 3.63) is 63.6 Å². The normalized spacial score (nSPS) is 21.8. The van der Waals surface area contributed by atoms with Gasteiger partial charge >= 0.3 is 6.03 Å². The Bertz CT molecular complexity index is 1260. The van der Waals surface area contributed by atoms with E-state index in [1.54, 1.807) is 35.2 Å². The summed E-state index contributed by atoms with van der Waals surface area (Å²) in [5.74, 6) is 0.588. The number of hydrogen-bond donors (Lipinski definition) is 0. The molecule has 0 bridgehead atoms. The molecule has 2 aromatic carbocycles. The number of rotatable bonds is 5. The second-order valence-corrected chi connectivity index (χ2v) is 12.0. The third-order valence-electron chi connectivity index (χ3n) is 6.89. The van der Waals surface area contributed by atoms with E-state index in [0.29, 0.717) is 47.5 Å². The molecule has 2 aliphatic rings. The Morgan fingerprint density at radius 2 is 1.69 bits per heavy atom. The van der Waals surface area contributed by atoms with Crippen LogP contribution < -0.4 is 4.74 Å². The van der Waals surface area contributed by atoms with Gasteiger partial charge in [-0.2, -0.15) is 9.57 Å². The first-order valence-electron chi connectivity index (χ1n) is 11.7. The number of urea groups is 1. The molecule has 4 rings (SSSR count). The summed E-state index contributed by atoms with van der Waals surface area (Å²) in [7, 11) is -3.28. The number of amides is 2. The second-order valence-electron chi connectivity index (χ2n) is 9.24. The highest BCUT2D eigenvalue weighted by molar-refractivity contribution is 7.88. The average molecular weight is 551 g/mol. The molecule has 0 aromatic heterocycles. The predicted molar refractivity (Wildman–Crippen MR) is 139 cm³/mol. The highest BCUT2D eigenvalue weighted by Crippen LogP contribution is 2.39. The number of sulfonamides is 1. The van der Waals surface area contributed by atoms with Crippen molar-refractivity contribution in [1.82, 2.24) is 14.1 Å². The molecule has 2 amide bonds. The number of benzene rings is 2. The molecule has 192 valence electrons. The van der Waals surface area contributed by atoms with Crippen LogP contribution in [0.4, 0.5) is 4.79 Å². The van der Waals surface area contributed by atoms with Gasteiger partial charge in [0, 0.05) is 51.1 Å². The van der Waals surface area contributed by atoms with E-state index >= 15 is 0 Å². The van der Waals surface area contributed by atoms with Crippen molar-refractivity contribution in [2.24, 2.45) is 5.92 Å². The summed E-state index contributed by atoms with van der Waals surface area (Å²) in [5.41, 5.74) is 1.53. The van der Waals surface area contributed by atoms with Gasteiger partial charge in [0.15, 0.2) is 0 Å². The smallest absolute Gasteiger partial charge is 0.320 e. The molecule has 0 spiro atoms. The lowest BCUT2D eigenvalue weighted by molar-refractivity contribution is 0.129. The van der Waals surface area contributed by atoms with E-state index in [2.05, 4.69) is 6.07 Å². The topological polar surface area (TPSA) is 93.9 Å². The minimum absolute atomic E-state index is 0.0286. The minimum Gasteiger partial charge on any atom is -0.490 e. The summed E-state index contributed by atoms with van der Waals surface area (Å²) < 4.78 is 31.3. The fraction of sp³-hybridized carbons (Fsp3) is 0.440. The zero-order valence-electron chi connectivity index (χ0n) is 20.1. The maximum absolute atomic E-state index is 13.4. The lowest BCUT2D eigenvalue weighted by Crippen LogP contribution is -2.53. The van der Waals surface area contributed by atoms with Gasteiger partial charge in [0.05, 0.1) is 27.9 Å². The van der Waals surface area contributed by atoms with Gasteiger partial charge in [-0.3, -0.25) is 0 Å². The first kappa shape index (κ1) is 26.6. The standard InChI is InChI=1S/C25H28Cl2N4O4S/c1-17(35-20-6-3-18(14-28)4-7-20)21-15-30(16-22(21)19-5-8-23(26)24(27)13-19)25(32)29-9-11-31(12-10-29)36(2,33)34/h3-8,13,17,21-22H,9-12,15-16H2,1-2H3. The monoisotopic (exact) mass is 550 g/mol. The third-order valence-corrected chi connectivity index (χ3v) is 8.94. The van der Waals surface area contributed by atoms with Crippen molar-refractivity contribution in [1.29, 1.82) is 5.26 Å². The van der Waals surface area contributed by atoms with Gasteiger partial charge in [-0.1, -0.05) is 29.3 Å². The molecule has 0 saturated carbocycles. The highest BCUT2D eigenvalue weighted by Gasteiger charge is 2.42. The molecule has 2 heterocycles. The van der Waals surface area contributed by atoms with Crippen LogP contribution >= 0.6 is 23.2 Å². The van der Waals surface area contributed by atoms with Crippen LogP contribution in [0.3, 0.4) is 0 Å². The Morgan fingerprint density at radius 1 is 1.03 bits per heavy atom. The lowest BCUT2D eigenvalue weighted by Gasteiger charge is -2.35. The molecule has 3 unspecified atom stereocenters. The molecule has 0 radical (unpaired) electrons. The maximum atomic E-state index is 13.4. The molecule has 3 atom stereocenters. The van der Waals surface area contributed by atoms with Gasteiger partial charge < -0.3 is 14.5 Å². The van der Waals surface area contributed by atoms with E-state index in [0.717, 1.165) is 5.56 Å². The zero-order chi connectivity index (χ0) is 26.0. The van der Waals surface area contributed by atoms with Crippen LogP contribution in [0.25, 0.3) is 0 Å². The highest BCUT2D eigenvalue weighted by atomic mass is 35.5. The van der Waals surface area contributed by atoms with Gasteiger partial charge in [-0.15, -0.1) is 0 Å². The largest absolute Gasteiger partial charge is 0.490 e. The quantitative estimate of drug-likeness (QED) is 0.559. The number of ether oxygens (including phenoxy) is 1. The number of nitrogens with zero attached hydrogens (tertiary/aromatic N) is 4. The Balaban J connectivity index is 1.52. The van der Waals surface area contributed by atoms with Gasteiger partial charge in [-0.05, 0) is 48.9 Å².